The normalized spacial score (nSPS) is 37.2. The maximum atomic E-state index is 3.62. The first kappa shape index (κ1) is 10.4. The molecule has 1 aliphatic rings. The summed E-state index contributed by atoms with van der Waals surface area (Å²) >= 11 is 2.11. The predicted octanol–water partition coefficient (Wildman–Crippen LogP) is 2.86. The van der Waals surface area contributed by atoms with E-state index in [2.05, 4.69) is 44.8 Å². The quantitative estimate of drug-likeness (QED) is 0.713. The minimum atomic E-state index is 0.339. The number of hydrogen-bond donors (Lipinski definition) is 1. The third kappa shape index (κ3) is 2.98. The molecule has 2 heteroatoms. The first-order valence-corrected chi connectivity index (χ1v) is 5.83. The lowest BCUT2D eigenvalue weighted by molar-refractivity contribution is 0.390. The van der Waals surface area contributed by atoms with Crippen molar-refractivity contribution in [2.45, 2.75) is 50.7 Å². The van der Waals surface area contributed by atoms with Crippen LogP contribution in [0, 0.1) is 5.92 Å². The molecule has 72 valence electrons. The number of hydrogen-bond acceptors (Lipinski definition) is 2. The van der Waals surface area contributed by atoms with Gasteiger partial charge in [0.25, 0.3) is 0 Å². The molecular weight excluding hydrogens is 166 g/mol. The molecule has 1 fully saturated rings. The van der Waals surface area contributed by atoms with Crippen LogP contribution in [0.5, 0.6) is 0 Å². The highest BCUT2D eigenvalue weighted by Gasteiger charge is 2.30. The Balaban J connectivity index is 2.45. The molecule has 0 radical (unpaired) electrons. The van der Waals surface area contributed by atoms with Gasteiger partial charge < -0.3 is 5.32 Å². The average Bonchev–Trinajstić information content (AvgIpc) is 1.82. The predicted molar refractivity (Wildman–Crippen MR) is 57.5 cm³/mol. The highest BCUT2D eigenvalue weighted by Crippen LogP contribution is 2.36. The molecule has 2 atom stereocenters. The third-order valence-corrected chi connectivity index (χ3v) is 3.78. The summed E-state index contributed by atoms with van der Waals surface area (Å²) in [5.74, 6) is 0.792. The lowest BCUT2D eigenvalue weighted by Crippen LogP contribution is -2.46. The third-order valence-electron chi connectivity index (χ3n) is 2.31. The van der Waals surface area contributed by atoms with Crippen molar-refractivity contribution in [1.82, 2.24) is 5.32 Å². The Bertz CT molecular complexity index is 143. The van der Waals surface area contributed by atoms with Gasteiger partial charge in [0, 0.05) is 5.25 Å². The summed E-state index contributed by atoms with van der Waals surface area (Å²) in [6.45, 7) is 10.5. The van der Waals surface area contributed by atoms with Crippen molar-refractivity contribution in [3.05, 3.63) is 0 Å². The molecule has 0 aromatic rings. The summed E-state index contributed by atoms with van der Waals surface area (Å²) in [4.78, 5) is 0.339. The van der Waals surface area contributed by atoms with E-state index in [0.29, 0.717) is 4.87 Å². The molecule has 1 saturated heterocycles. The van der Waals surface area contributed by atoms with E-state index < -0.39 is 0 Å². The van der Waals surface area contributed by atoms with Gasteiger partial charge in [-0.25, -0.2) is 0 Å². The number of nitrogens with one attached hydrogen (secondary N) is 1. The summed E-state index contributed by atoms with van der Waals surface area (Å²) in [5, 5.41) is 4.45. The topological polar surface area (TPSA) is 12.0 Å². The van der Waals surface area contributed by atoms with Gasteiger partial charge in [-0.1, -0.05) is 20.8 Å². The Morgan fingerprint density at radius 3 is 2.75 bits per heavy atom. The smallest absolute Gasteiger partial charge is 0.0621 e. The van der Waals surface area contributed by atoms with E-state index in [9.17, 15) is 0 Å². The summed E-state index contributed by atoms with van der Waals surface area (Å²) in [6, 6.07) is 0. The highest BCUT2D eigenvalue weighted by atomic mass is 32.2. The van der Waals surface area contributed by atoms with Crippen molar-refractivity contribution in [3.63, 3.8) is 0 Å². The highest BCUT2D eigenvalue weighted by molar-refractivity contribution is 8.01. The van der Waals surface area contributed by atoms with Crippen LogP contribution in [0.25, 0.3) is 0 Å². The van der Waals surface area contributed by atoms with Gasteiger partial charge in [-0.05, 0) is 32.2 Å². The van der Waals surface area contributed by atoms with E-state index in [1.807, 2.05) is 0 Å². The van der Waals surface area contributed by atoms with Gasteiger partial charge in [0.05, 0.1) is 4.87 Å². The maximum absolute atomic E-state index is 3.62. The van der Waals surface area contributed by atoms with Gasteiger partial charge in [0.15, 0.2) is 0 Å². The minimum Gasteiger partial charge on any atom is -0.303 e. The van der Waals surface area contributed by atoms with Crippen LogP contribution in [0.1, 0.15) is 40.5 Å². The molecule has 12 heavy (non-hydrogen) atoms. The van der Waals surface area contributed by atoms with Gasteiger partial charge in [-0.2, -0.15) is 0 Å². The van der Waals surface area contributed by atoms with Crippen LogP contribution < -0.4 is 5.32 Å². The zero-order valence-electron chi connectivity index (χ0n) is 8.68. The molecule has 0 aromatic carbocycles. The van der Waals surface area contributed by atoms with Crippen LogP contribution in [0.2, 0.25) is 0 Å². The molecule has 1 nitrogen and oxygen atoms in total. The van der Waals surface area contributed by atoms with E-state index in [1.54, 1.807) is 0 Å². The largest absolute Gasteiger partial charge is 0.303 e. The van der Waals surface area contributed by atoms with Crippen molar-refractivity contribution in [2.75, 3.05) is 6.54 Å². The van der Waals surface area contributed by atoms with E-state index in [-0.39, 0.29) is 0 Å². The van der Waals surface area contributed by atoms with Gasteiger partial charge in [-0.3, -0.25) is 0 Å². The van der Waals surface area contributed by atoms with Gasteiger partial charge in [-0.15, -0.1) is 11.8 Å². The van der Waals surface area contributed by atoms with Crippen molar-refractivity contribution in [3.8, 4) is 0 Å². The fourth-order valence-corrected chi connectivity index (χ4v) is 3.72. The molecule has 1 rings (SSSR count). The van der Waals surface area contributed by atoms with E-state index in [4.69, 9.17) is 0 Å². The Morgan fingerprint density at radius 2 is 2.25 bits per heavy atom. The molecule has 0 aliphatic carbocycles. The maximum Gasteiger partial charge on any atom is 0.0621 e. The second kappa shape index (κ2) is 4.01. The molecular formula is C10H21NS. The lowest BCUT2D eigenvalue weighted by Gasteiger charge is -2.38. The van der Waals surface area contributed by atoms with Crippen molar-refractivity contribution >= 4 is 11.8 Å². The van der Waals surface area contributed by atoms with Crippen molar-refractivity contribution < 1.29 is 0 Å². The van der Waals surface area contributed by atoms with Crippen LogP contribution in [-0.4, -0.2) is 16.7 Å². The fraction of sp³-hybridized carbons (Fsp3) is 1.00. The van der Waals surface area contributed by atoms with Crippen LogP contribution in [0.3, 0.4) is 0 Å². The minimum absolute atomic E-state index is 0.339. The van der Waals surface area contributed by atoms with Gasteiger partial charge >= 0.3 is 0 Å². The summed E-state index contributed by atoms with van der Waals surface area (Å²) in [5.41, 5.74) is 0. The first-order valence-electron chi connectivity index (χ1n) is 4.95. The lowest BCUT2D eigenvalue weighted by atomic mass is 10.0. The van der Waals surface area contributed by atoms with E-state index >= 15 is 0 Å². The monoisotopic (exact) mass is 187 g/mol. The standard InChI is InChI=1S/C10H21NS/c1-8(2)7-10(4)11-6-5-9(3)12-10/h8-9,11H,5-7H2,1-4H3. The molecule has 0 bridgehead atoms. The summed E-state index contributed by atoms with van der Waals surface area (Å²) in [6.07, 6.45) is 2.60. The van der Waals surface area contributed by atoms with Gasteiger partial charge in [0.1, 0.15) is 0 Å². The number of thioether (sulfide) groups is 1. The second-order valence-electron chi connectivity index (χ2n) is 4.47. The Hall–Kier alpha value is 0.310. The Morgan fingerprint density at radius 1 is 1.58 bits per heavy atom. The summed E-state index contributed by atoms with van der Waals surface area (Å²) in [7, 11) is 0. The molecule has 2 unspecified atom stereocenters. The molecule has 0 aromatic heterocycles. The Kier molecular flexibility index (Phi) is 3.47. The van der Waals surface area contributed by atoms with Crippen molar-refractivity contribution in [1.29, 1.82) is 0 Å². The SMILES string of the molecule is CC(C)CC1(C)NCCC(C)S1. The molecule has 0 saturated carbocycles. The second-order valence-corrected chi connectivity index (χ2v) is 6.41. The van der Waals surface area contributed by atoms with Crippen LogP contribution >= 0.6 is 11.8 Å². The first-order chi connectivity index (χ1) is 5.52. The molecule has 1 aliphatic heterocycles. The van der Waals surface area contributed by atoms with Gasteiger partial charge in [0.2, 0.25) is 0 Å². The van der Waals surface area contributed by atoms with Crippen LogP contribution in [-0.2, 0) is 0 Å². The average molecular weight is 187 g/mol. The van der Waals surface area contributed by atoms with Crippen LogP contribution in [0.4, 0.5) is 0 Å². The zero-order chi connectivity index (χ0) is 9.19. The number of rotatable bonds is 2. The summed E-state index contributed by atoms with van der Waals surface area (Å²) < 4.78 is 0. The van der Waals surface area contributed by atoms with E-state index in [0.717, 1.165) is 11.2 Å². The molecule has 0 spiro atoms. The molecule has 0 amide bonds. The van der Waals surface area contributed by atoms with E-state index in [1.165, 1.54) is 19.4 Å². The van der Waals surface area contributed by atoms with Crippen LogP contribution in [0.15, 0.2) is 0 Å². The Labute approximate surface area is 80.7 Å². The molecule has 1 heterocycles. The molecule has 1 N–H and O–H groups in total. The van der Waals surface area contributed by atoms with Crippen molar-refractivity contribution in [2.24, 2.45) is 5.92 Å². The zero-order valence-corrected chi connectivity index (χ0v) is 9.50. The fourth-order valence-electron chi connectivity index (χ4n) is 1.98.